The molecule has 24 heavy (non-hydrogen) atoms. The second-order valence-electron chi connectivity index (χ2n) is 9.48. The maximum Gasteiger partial charge on any atom is 0.309 e. The van der Waals surface area contributed by atoms with Gasteiger partial charge in [-0.3, -0.25) is 4.79 Å². The second-order valence-corrected chi connectivity index (χ2v) is 9.48. The molecule has 0 heterocycles. The maximum absolute atomic E-state index is 12.0. The first-order valence-corrected chi connectivity index (χ1v) is 9.34. The van der Waals surface area contributed by atoms with Crippen LogP contribution in [0.1, 0.15) is 72.6 Å². The van der Waals surface area contributed by atoms with Crippen molar-refractivity contribution in [2.45, 2.75) is 83.8 Å². The number of hydrogen-bond donors (Lipinski definition) is 3. The maximum atomic E-state index is 12.0. The van der Waals surface area contributed by atoms with Crippen molar-refractivity contribution in [2.75, 3.05) is 0 Å². The van der Waals surface area contributed by atoms with Crippen LogP contribution in [0.2, 0.25) is 0 Å². The molecule has 3 aliphatic carbocycles. The average molecular weight is 336 g/mol. The molecule has 0 aromatic rings. The summed E-state index contributed by atoms with van der Waals surface area (Å²) in [4.78, 5) is 12.0. The minimum Gasteiger partial charge on any atom is -0.481 e. The van der Waals surface area contributed by atoms with Gasteiger partial charge in [0.2, 0.25) is 0 Å². The lowest BCUT2D eigenvalue weighted by Crippen LogP contribution is -2.61. The number of aliphatic hydroxyl groups is 2. The Morgan fingerprint density at radius 1 is 1.17 bits per heavy atom. The molecule has 0 aromatic carbocycles. The van der Waals surface area contributed by atoms with Crippen molar-refractivity contribution in [3.8, 4) is 0 Å². The standard InChI is InChI=1S/C20H32O4/c1-17(2,23)13-6-7-15-18(3)9-5-10-19(4,16(21)22)14(18)8-11-20(15,24)12-13/h12,14-15,23-24H,5-11H2,1-4H3,(H,21,22)/t14-,15-,18+,19+,20-/m1/s1. The molecular weight excluding hydrogens is 304 g/mol. The molecule has 0 aromatic heterocycles. The zero-order chi connectivity index (χ0) is 18.0. The topological polar surface area (TPSA) is 77.8 Å². The second kappa shape index (κ2) is 5.31. The molecule has 2 fully saturated rings. The van der Waals surface area contributed by atoms with Crippen LogP contribution in [-0.2, 0) is 4.79 Å². The highest BCUT2D eigenvalue weighted by Crippen LogP contribution is 2.64. The number of carboxylic acid groups (broad SMARTS) is 1. The lowest BCUT2D eigenvalue weighted by Gasteiger charge is -2.62. The van der Waals surface area contributed by atoms with Gasteiger partial charge >= 0.3 is 5.97 Å². The Bertz CT molecular complexity index is 575. The summed E-state index contributed by atoms with van der Waals surface area (Å²) in [5, 5.41) is 31.6. The lowest BCUT2D eigenvalue weighted by molar-refractivity contribution is -0.186. The molecule has 0 saturated heterocycles. The fourth-order valence-electron chi connectivity index (χ4n) is 6.26. The van der Waals surface area contributed by atoms with Gasteiger partial charge in [0.05, 0.1) is 16.6 Å². The summed E-state index contributed by atoms with van der Waals surface area (Å²) in [6.07, 6.45) is 7.48. The van der Waals surface area contributed by atoms with Crippen LogP contribution >= 0.6 is 0 Å². The van der Waals surface area contributed by atoms with Gasteiger partial charge in [0.15, 0.2) is 0 Å². The van der Waals surface area contributed by atoms with Gasteiger partial charge in [-0.25, -0.2) is 0 Å². The third-order valence-electron chi connectivity index (χ3n) is 7.61. The average Bonchev–Trinajstić information content (AvgIpc) is 2.44. The highest BCUT2D eigenvalue weighted by molar-refractivity contribution is 5.75. The van der Waals surface area contributed by atoms with Crippen LogP contribution in [0.15, 0.2) is 11.6 Å². The van der Waals surface area contributed by atoms with E-state index in [9.17, 15) is 20.1 Å². The fraction of sp³-hybridized carbons (Fsp3) is 0.850. The molecule has 3 aliphatic rings. The molecule has 0 radical (unpaired) electrons. The zero-order valence-corrected chi connectivity index (χ0v) is 15.4. The molecule has 0 bridgehead atoms. The van der Waals surface area contributed by atoms with Gasteiger partial charge in [-0.15, -0.1) is 0 Å². The van der Waals surface area contributed by atoms with Crippen molar-refractivity contribution in [1.29, 1.82) is 0 Å². The molecule has 0 unspecified atom stereocenters. The van der Waals surface area contributed by atoms with E-state index in [-0.39, 0.29) is 17.3 Å². The summed E-state index contributed by atoms with van der Waals surface area (Å²) in [7, 11) is 0. The number of fused-ring (bicyclic) bond motifs is 3. The summed E-state index contributed by atoms with van der Waals surface area (Å²) in [6.45, 7) is 7.66. The van der Waals surface area contributed by atoms with Crippen molar-refractivity contribution in [3.05, 3.63) is 11.6 Å². The molecule has 2 saturated carbocycles. The third-order valence-corrected chi connectivity index (χ3v) is 7.61. The number of aliphatic carboxylic acids is 1. The van der Waals surface area contributed by atoms with Gasteiger partial charge in [0.1, 0.15) is 0 Å². The summed E-state index contributed by atoms with van der Waals surface area (Å²) < 4.78 is 0. The van der Waals surface area contributed by atoms with Crippen LogP contribution in [0.4, 0.5) is 0 Å². The van der Waals surface area contributed by atoms with Crippen LogP contribution in [0.25, 0.3) is 0 Å². The van der Waals surface area contributed by atoms with Crippen LogP contribution in [0.3, 0.4) is 0 Å². The van der Waals surface area contributed by atoms with E-state index < -0.39 is 22.6 Å². The largest absolute Gasteiger partial charge is 0.481 e. The Morgan fingerprint density at radius 3 is 2.42 bits per heavy atom. The van der Waals surface area contributed by atoms with Gasteiger partial charge in [0, 0.05) is 0 Å². The first kappa shape index (κ1) is 17.9. The summed E-state index contributed by atoms with van der Waals surface area (Å²) in [5.41, 5.74) is -1.73. The Balaban J connectivity index is 2.00. The Morgan fingerprint density at radius 2 is 1.83 bits per heavy atom. The van der Waals surface area contributed by atoms with Crippen LogP contribution in [-0.4, -0.2) is 32.5 Å². The number of carboxylic acids is 1. The third kappa shape index (κ3) is 2.45. The van der Waals surface area contributed by atoms with Gasteiger partial charge < -0.3 is 15.3 Å². The zero-order valence-electron chi connectivity index (χ0n) is 15.4. The predicted molar refractivity (Wildman–Crippen MR) is 92.5 cm³/mol. The van der Waals surface area contributed by atoms with E-state index in [0.717, 1.165) is 44.1 Å². The Kier molecular flexibility index (Phi) is 3.97. The lowest BCUT2D eigenvalue weighted by atomic mass is 9.43. The number of rotatable bonds is 2. The van der Waals surface area contributed by atoms with E-state index >= 15 is 0 Å². The Labute approximate surface area is 145 Å². The fourth-order valence-corrected chi connectivity index (χ4v) is 6.26. The van der Waals surface area contributed by atoms with E-state index in [1.54, 1.807) is 13.8 Å². The predicted octanol–water partition coefficient (Wildman–Crippen LogP) is 3.52. The van der Waals surface area contributed by atoms with Gasteiger partial charge in [-0.2, -0.15) is 0 Å². The monoisotopic (exact) mass is 336 g/mol. The van der Waals surface area contributed by atoms with Crippen LogP contribution in [0.5, 0.6) is 0 Å². The van der Waals surface area contributed by atoms with Crippen molar-refractivity contribution < 1.29 is 20.1 Å². The molecule has 0 amide bonds. The molecular formula is C20H32O4. The molecule has 4 heteroatoms. The van der Waals surface area contributed by atoms with E-state index in [1.807, 2.05) is 13.0 Å². The van der Waals surface area contributed by atoms with E-state index in [1.165, 1.54) is 0 Å². The first-order chi connectivity index (χ1) is 10.9. The molecule has 3 rings (SSSR count). The highest BCUT2D eigenvalue weighted by atomic mass is 16.4. The molecule has 136 valence electrons. The quantitative estimate of drug-likeness (QED) is 0.674. The molecule has 4 nitrogen and oxygen atoms in total. The Hall–Kier alpha value is -0.870. The van der Waals surface area contributed by atoms with Crippen LogP contribution in [0, 0.1) is 22.7 Å². The van der Waals surface area contributed by atoms with E-state index in [4.69, 9.17) is 0 Å². The number of carbonyl (C=O) groups is 1. The summed E-state index contributed by atoms with van der Waals surface area (Å²) in [5.74, 6) is -0.500. The van der Waals surface area contributed by atoms with Crippen molar-refractivity contribution in [3.63, 3.8) is 0 Å². The minimum atomic E-state index is -0.907. The van der Waals surface area contributed by atoms with Crippen molar-refractivity contribution in [1.82, 2.24) is 0 Å². The molecule has 0 spiro atoms. The summed E-state index contributed by atoms with van der Waals surface area (Å²) >= 11 is 0. The number of hydrogen-bond acceptors (Lipinski definition) is 3. The van der Waals surface area contributed by atoms with Crippen molar-refractivity contribution >= 4 is 5.97 Å². The molecule has 0 aliphatic heterocycles. The van der Waals surface area contributed by atoms with Gasteiger partial charge in [-0.1, -0.05) is 19.4 Å². The van der Waals surface area contributed by atoms with Gasteiger partial charge in [0.25, 0.3) is 0 Å². The highest BCUT2D eigenvalue weighted by Gasteiger charge is 2.62. The van der Waals surface area contributed by atoms with E-state index in [2.05, 4.69) is 6.92 Å². The first-order valence-electron chi connectivity index (χ1n) is 9.34. The molecule has 3 N–H and O–H groups in total. The normalized spacial score (nSPS) is 45.8. The summed E-state index contributed by atoms with van der Waals surface area (Å²) in [6, 6.07) is 0. The minimum absolute atomic E-state index is 0.0776. The van der Waals surface area contributed by atoms with Crippen molar-refractivity contribution in [2.24, 2.45) is 22.7 Å². The smallest absolute Gasteiger partial charge is 0.309 e. The SMILES string of the molecule is CC(C)(O)C1=C[C@]2(O)CC[C@@H]3[C@](C)(CCC[C@]3(C)C(=O)O)[C@H]2CC1. The van der Waals surface area contributed by atoms with E-state index in [0.29, 0.717) is 6.42 Å². The van der Waals surface area contributed by atoms with Gasteiger partial charge in [-0.05, 0) is 82.1 Å². The van der Waals surface area contributed by atoms with Crippen LogP contribution < -0.4 is 0 Å². The molecule has 5 atom stereocenters.